The van der Waals surface area contributed by atoms with Crippen LogP contribution in [0.1, 0.15) is 5.56 Å². The van der Waals surface area contributed by atoms with Crippen LogP contribution in [0.5, 0.6) is 5.75 Å². The maximum Gasteiger partial charge on any atom is 0.244 e. The van der Waals surface area contributed by atoms with Gasteiger partial charge in [0.25, 0.3) is 0 Å². The number of aryl methyl sites for hydroxylation is 1. The minimum absolute atomic E-state index is 0.0335. The van der Waals surface area contributed by atoms with E-state index >= 15 is 0 Å². The maximum absolute atomic E-state index is 12.9. The first-order valence-corrected chi connectivity index (χ1v) is 11.8. The van der Waals surface area contributed by atoms with Crippen molar-refractivity contribution >= 4 is 31.6 Å². The van der Waals surface area contributed by atoms with E-state index in [0.29, 0.717) is 5.75 Å². The number of rotatable bonds is 5. The van der Waals surface area contributed by atoms with Crippen LogP contribution in [0.15, 0.2) is 52.3 Å². The Hall–Kier alpha value is -1.65. The lowest BCUT2D eigenvalue weighted by Crippen LogP contribution is -2.50. The van der Waals surface area contributed by atoms with E-state index in [2.05, 4.69) is 0 Å². The minimum atomic E-state index is -3.79. The number of methoxy groups -OCH3 is 1. The molecule has 0 atom stereocenters. The normalized spacial score (nSPS) is 16.8. The zero-order valence-corrected chi connectivity index (χ0v) is 17.9. The highest BCUT2D eigenvalue weighted by Crippen LogP contribution is 2.27. The molecule has 152 valence electrons. The molecule has 0 N–H and O–H groups in total. The van der Waals surface area contributed by atoms with Crippen LogP contribution in [0, 0.1) is 6.92 Å². The van der Waals surface area contributed by atoms with Gasteiger partial charge < -0.3 is 4.74 Å². The molecule has 0 bridgehead atoms. The molecule has 0 aliphatic carbocycles. The number of halogens is 1. The third-order valence-corrected chi connectivity index (χ3v) is 8.89. The number of hydrogen-bond acceptors (Lipinski definition) is 5. The van der Waals surface area contributed by atoms with Gasteiger partial charge in [-0.25, -0.2) is 16.8 Å². The first kappa shape index (κ1) is 21.1. The minimum Gasteiger partial charge on any atom is -0.497 e. The van der Waals surface area contributed by atoms with E-state index in [1.807, 2.05) is 6.92 Å². The number of piperazine rings is 1. The van der Waals surface area contributed by atoms with Crippen molar-refractivity contribution in [3.05, 3.63) is 53.1 Å². The van der Waals surface area contributed by atoms with Crippen LogP contribution < -0.4 is 4.74 Å². The summed E-state index contributed by atoms with van der Waals surface area (Å²) in [7, 11) is -5.99. The van der Waals surface area contributed by atoms with Gasteiger partial charge in [0.15, 0.2) is 0 Å². The fraction of sp³-hybridized carbons (Fsp3) is 0.333. The van der Waals surface area contributed by atoms with Gasteiger partial charge in [0.1, 0.15) is 10.6 Å². The zero-order valence-electron chi connectivity index (χ0n) is 15.5. The first-order chi connectivity index (χ1) is 13.2. The van der Waals surface area contributed by atoms with Crippen molar-refractivity contribution in [1.82, 2.24) is 8.61 Å². The Balaban J connectivity index is 1.76. The lowest BCUT2D eigenvalue weighted by Gasteiger charge is -2.33. The van der Waals surface area contributed by atoms with E-state index in [1.165, 1.54) is 33.9 Å². The summed E-state index contributed by atoms with van der Waals surface area (Å²) in [5.74, 6) is 0.560. The Morgan fingerprint density at radius 2 is 1.39 bits per heavy atom. The Kier molecular flexibility index (Phi) is 6.02. The Morgan fingerprint density at radius 3 is 1.89 bits per heavy atom. The molecule has 2 aromatic rings. The average molecular weight is 445 g/mol. The van der Waals surface area contributed by atoms with Gasteiger partial charge >= 0.3 is 0 Å². The number of benzene rings is 2. The molecular formula is C18H21ClN2O5S2. The monoisotopic (exact) mass is 444 g/mol. The summed E-state index contributed by atoms with van der Waals surface area (Å²) in [5, 5.41) is 0.160. The predicted octanol–water partition coefficient (Wildman–Crippen LogP) is 2.35. The summed E-state index contributed by atoms with van der Waals surface area (Å²) >= 11 is 6.12. The van der Waals surface area contributed by atoms with Crippen LogP contribution in [0.3, 0.4) is 0 Å². The van der Waals surface area contributed by atoms with Gasteiger partial charge in [-0.05, 0) is 48.9 Å². The van der Waals surface area contributed by atoms with Crippen LogP contribution >= 0.6 is 11.6 Å². The van der Waals surface area contributed by atoms with Crippen LogP contribution in [-0.4, -0.2) is 58.7 Å². The van der Waals surface area contributed by atoms with Crippen molar-refractivity contribution in [2.75, 3.05) is 33.3 Å². The third kappa shape index (κ3) is 4.04. The quantitative estimate of drug-likeness (QED) is 0.706. The molecule has 1 fully saturated rings. The molecular weight excluding hydrogens is 424 g/mol. The van der Waals surface area contributed by atoms with Gasteiger partial charge in [0.2, 0.25) is 20.0 Å². The molecule has 0 amide bonds. The average Bonchev–Trinajstić information content (AvgIpc) is 2.68. The molecule has 1 saturated heterocycles. The third-order valence-electron chi connectivity index (χ3n) is 4.60. The van der Waals surface area contributed by atoms with Gasteiger partial charge in [-0.2, -0.15) is 8.61 Å². The van der Waals surface area contributed by atoms with E-state index in [1.54, 1.807) is 24.3 Å². The van der Waals surface area contributed by atoms with Crippen molar-refractivity contribution in [1.29, 1.82) is 0 Å². The van der Waals surface area contributed by atoms with Crippen LogP contribution in [0.2, 0.25) is 5.02 Å². The van der Waals surface area contributed by atoms with Crippen molar-refractivity contribution in [2.24, 2.45) is 0 Å². The number of ether oxygens (including phenoxy) is 1. The van der Waals surface area contributed by atoms with Crippen molar-refractivity contribution in [3.8, 4) is 5.75 Å². The van der Waals surface area contributed by atoms with Crippen molar-refractivity contribution in [3.63, 3.8) is 0 Å². The molecule has 10 heteroatoms. The Morgan fingerprint density at radius 1 is 0.857 bits per heavy atom. The highest BCUT2D eigenvalue weighted by molar-refractivity contribution is 7.89. The molecule has 0 unspecified atom stereocenters. The van der Waals surface area contributed by atoms with Gasteiger partial charge in [0.05, 0.1) is 17.0 Å². The highest BCUT2D eigenvalue weighted by atomic mass is 35.5. The zero-order chi connectivity index (χ0) is 20.5. The van der Waals surface area contributed by atoms with Gasteiger partial charge in [-0.1, -0.05) is 17.7 Å². The molecule has 0 spiro atoms. The molecule has 1 aliphatic rings. The standard InChI is InChI=1S/C18H21ClN2O5S2/c1-14-3-8-18(17(19)13-14)28(24,25)21-11-9-20(10-12-21)27(22,23)16-6-4-15(26-2)5-7-16/h3-8,13H,9-12H2,1-2H3. The second-order valence-electron chi connectivity index (χ2n) is 6.42. The Labute approximate surface area is 170 Å². The second-order valence-corrected chi connectivity index (χ2v) is 10.7. The van der Waals surface area contributed by atoms with Gasteiger partial charge in [-0.3, -0.25) is 0 Å². The van der Waals surface area contributed by atoms with Gasteiger partial charge in [-0.15, -0.1) is 0 Å². The SMILES string of the molecule is COc1ccc(S(=O)(=O)N2CCN(S(=O)(=O)c3ccc(C)cc3Cl)CC2)cc1. The van der Waals surface area contributed by atoms with E-state index in [9.17, 15) is 16.8 Å². The maximum atomic E-state index is 12.9. The van der Waals surface area contributed by atoms with Crippen LogP contribution in [-0.2, 0) is 20.0 Å². The molecule has 2 aromatic carbocycles. The lowest BCUT2D eigenvalue weighted by atomic mass is 10.2. The largest absolute Gasteiger partial charge is 0.497 e. The molecule has 0 radical (unpaired) electrons. The summed E-state index contributed by atoms with van der Waals surface area (Å²) in [4.78, 5) is 0.178. The van der Waals surface area contributed by atoms with Crippen LogP contribution in [0.4, 0.5) is 0 Å². The summed E-state index contributed by atoms with van der Waals surface area (Å²) in [6.07, 6.45) is 0. The molecule has 1 heterocycles. The molecule has 28 heavy (non-hydrogen) atoms. The lowest BCUT2D eigenvalue weighted by molar-refractivity contribution is 0.273. The second kappa shape index (κ2) is 8.00. The highest BCUT2D eigenvalue weighted by Gasteiger charge is 2.34. The molecule has 7 nitrogen and oxygen atoms in total. The predicted molar refractivity (Wildman–Crippen MR) is 107 cm³/mol. The summed E-state index contributed by atoms with van der Waals surface area (Å²) in [5.41, 5.74) is 0.861. The molecule has 3 rings (SSSR count). The number of sulfonamides is 2. The van der Waals surface area contributed by atoms with Crippen molar-refractivity contribution < 1.29 is 21.6 Å². The van der Waals surface area contributed by atoms with E-state index in [4.69, 9.17) is 16.3 Å². The fourth-order valence-electron chi connectivity index (χ4n) is 3.00. The first-order valence-electron chi connectivity index (χ1n) is 8.57. The van der Waals surface area contributed by atoms with E-state index in [0.717, 1.165) is 5.56 Å². The number of nitrogens with zero attached hydrogens (tertiary/aromatic N) is 2. The smallest absolute Gasteiger partial charge is 0.244 e. The summed E-state index contributed by atoms with van der Waals surface area (Å²) in [6, 6.07) is 10.9. The van der Waals surface area contributed by atoms with E-state index < -0.39 is 20.0 Å². The van der Waals surface area contributed by atoms with Gasteiger partial charge in [0, 0.05) is 26.2 Å². The van der Waals surface area contributed by atoms with E-state index in [-0.39, 0.29) is 41.0 Å². The molecule has 0 saturated carbocycles. The van der Waals surface area contributed by atoms with Crippen molar-refractivity contribution in [2.45, 2.75) is 16.7 Å². The summed E-state index contributed by atoms with van der Waals surface area (Å²) < 4.78 is 59.0. The summed E-state index contributed by atoms with van der Waals surface area (Å²) in [6.45, 7) is 2.07. The van der Waals surface area contributed by atoms with Crippen LogP contribution in [0.25, 0.3) is 0 Å². The fourth-order valence-corrected chi connectivity index (χ4v) is 6.42. The number of hydrogen-bond donors (Lipinski definition) is 0. The molecule has 1 aliphatic heterocycles. The topological polar surface area (TPSA) is 84.0 Å². The Bertz CT molecular complexity index is 1060. The molecule has 0 aromatic heterocycles.